The molecule has 4 bridgehead atoms. The molecule has 10 heteroatoms. The zero-order valence-electron chi connectivity index (χ0n) is 11.5. The van der Waals surface area contributed by atoms with Crippen molar-refractivity contribution < 1.29 is 35.4 Å². The third-order valence-corrected chi connectivity index (χ3v) is 5.48. The van der Waals surface area contributed by atoms with Crippen molar-refractivity contribution in [3.05, 3.63) is 0 Å². The van der Waals surface area contributed by atoms with Crippen LogP contribution in [0.25, 0.3) is 0 Å². The summed E-state index contributed by atoms with van der Waals surface area (Å²) in [5.74, 6) is -4.50. The molecule has 8 unspecified atom stereocenters. The predicted octanol–water partition coefficient (Wildman–Crippen LogP) is -4.74. The molecule has 2 heterocycles. The fourth-order valence-electron chi connectivity index (χ4n) is 4.36. The molecule has 2 saturated heterocycles. The van der Waals surface area contributed by atoms with Crippen molar-refractivity contribution in [2.24, 2.45) is 17.6 Å². The third kappa shape index (κ3) is 1.54. The van der Waals surface area contributed by atoms with Gasteiger partial charge in [-0.25, -0.2) is 0 Å². The van der Waals surface area contributed by atoms with Gasteiger partial charge in [0.25, 0.3) is 0 Å². The van der Waals surface area contributed by atoms with Crippen molar-refractivity contribution in [2.75, 3.05) is 6.61 Å². The van der Waals surface area contributed by atoms with Gasteiger partial charge >= 0.3 is 0 Å². The maximum absolute atomic E-state index is 10.7. The Morgan fingerprint density at radius 2 is 2.05 bits per heavy atom. The molecule has 0 amide bonds. The average molecular weight is 317 g/mol. The van der Waals surface area contributed by atoms with Gasteiger partial charge in [0.2, 0.25) is 0 Å². The molecular weight excluding hydrogens is 298 g/mol. The second kappa shape index (κ2) is 4.50. The molecule has 0 aromatic rings. The Morgan fingerprint density at radius 3 is 2.59 bits per heavy atom. The molecule has 2 aliphatic carbocycles. The largest absolute Gasteiger partial charge is 0.393 e. The van der Waals surface area contributed by atoms with Gasteiger partial charge in [0, 0.05) is 12.3 Å². The molecule has 124 valence electrons. The summed E-state index contributed by atoms with van der Waals surface area (Å²) in [7, 11) is 0. The van der Waals surface area contributed by atoms with Crippen LogP contribution in [-0.2, 0) is 4.74 Å². The summed E-state index contributed by atoms with van der Waals surface area (Å²) in [4.78, 5) is 0. The number of ether oxygens (including phenoxy) is 1. The Kier molecular flexibility index (Phi) is 3.24. The van der Waals surface area contributed by atoms with Crippen molar-refractivity contribution in [3.8, 4) is 6.19 Å². The number of hydrogen-bond acceptors (Lipinski definition) is 10. The van der Waals surface area contributed by atoms with E-state index in [1.165, 1.54) is 6.19 Å². The van der Waals surface area contributed by atoms with E-state index in [0.717, 1.165) is 0 Å². The van der Waals surface area contributed by atoms with Crippen LogP contribution in [0.5, 0.6) is 0 Å². The molecule has 9 atom stereocenters. The Labute approximate surface area is 125 Å². The minimum Gasteiger partial charge on any atom is -0.393 e. The van der Waals surface area contributed by atoms with E-state index in [1.807, 2.05) is 5.32 Å². The van der Waals surface area contributed by atoms with Crippen molar-refractivity contribution in [1.82, 2.24) is 5.32 Å². The zero-order valence-corrected chi connectivity index (χ0v) is 11.5. The van der Waals surface area contributed by atoms with E-state index in [1.54, 1.807) is 0 Å². The van der Waals surface area contributed by atoms with Crippen LogP contribution in [0.15, 0.2) is 0 Å². The van der Waals surface area contributed by atoms with Crippen LogP contribution in [0.3, 0.4) is 0 Å². The van der Waals surface area contributed by atoms with Gasteiger partial charge in [-0.2, -0.15) is 5.26 Å². The van der Waals surface area contributed by atoms with Gasteiger partial charge < -0.3 is 41.1 Å². The lowest BCUT2D eigenvalue weighted by atomic mass is 9.48. The van der Waals surface area contributed by atoms with E-state index >= 15 is 0 Å². The second-order valence-electron chi connectivity index (χ2n) is 6.42. The molecule has 22 heavy (non-hydrogen) atoms. The number of rotatable bonds is 3. The van der Waals surface area contributed by atoms with Gasteiger partial charge in [0.1, 0.15) is 24.0 Å². The van der Waals surface area contributed by atoms with Gasteiger partial charge in [-0.1, -0.05) is 0 Å². The van der Waals surface area contributed by atoms with Crippen LogP contribution in [0.2, 0.25) is 0 Å². The molecule has 4 aliphatic rings. The number of aliphatic hydroxyl groups is 6. The van der Waals surface area contributed by atoms with Crippen LogP contribution in [0.1, 0.15) is 6.42 Å². The lowest BCUT2D eigenvalue weighted by Crippen LogP contribution is -2.91. The first-order valence-electron chi connectivity index (χ1n) is 6.88. The van der Waals surface area contributed by atoms with Gasteiger partial charge in [0.15, 0.2) is 12.0 Å². The molecule has 2 aliphatic heterocycles. The number of nitrogens with one attached hydrogen (secondary N) is 1. The molecule has 4 fully saturated rings. The summed E-state index contributed by atoms with van der Waals surface area (Å²) in [6, 6.07) is 0. The van der Waals surface area contributed by atoms with Crippen LogP contribution in [0.4, 0.5) is 0 Å². The highest BCUT2D eigenvalue weighted by Gasteiger charge is 2.79. The molecule has 4 rings (SSSR count). The van der Waals surface area contributed by atoms with Gasteiger partial charge in [-0.15, -0.1) is 0 Å². The monoisotopic (exact) mass is 317 g/mol. The summed E-state index contributed by atoms with van der Waals surface area (Å²) in [6.07, 6.45) is -5.14. The number of hydrogen-bond donors (Lipinski definition) is 8. The Hall–Kier alpha value is -1.03. The van der Waals surface area contributed by atoms with Gasteiger partial charge in [-0.3, -0.25) is 5.32 Å². The maximum atomic E-state index is 10.7. The van der Waals surface area contributed by atoms with E-state index in [-0.39, 0.29) is 6.42 Å². The van der Waals surface area contributed by atoms with Crippen molar-refractivity contribution >= 4 is 0 Å². The smallest absolute Gasteiger partial charge is 0.194 e. The molecule has 9 N–H and O–H groups in total. The van der Waals surface area contributed by atoms with Crippen molar-refractivity contribution in [3.63, 3.8) is 0 Å². The summed E-state index contributed by atoms with van der Waals surface area (Å²) in [5.41, 5.74) is 2.20. The predicted molar refractivity (Wildman–Crippen MR) is 67.1 cm³/mol. The van der Waals surface area contributed by atoms with Gasteiger partial charge in [0.05, 0.1) is 24.2 Å². The highest BCUT2D eigenvalue weighted by Crippen LogP contribution is 2.59. The summed E-state index contributed by atoms with van der Waals surface area (Å²) >= 11 is 0. The summed E-state index contributed by atoms with van der Waals surface area (Å²) in [6.45, 7) is -0.808. The normalized spacial score (nSPS) is 57.5. The van der Waals surface area contributed by atoms with E-state index in [9.17, 15) is 30.6 Å². The topological polar surface area (TPSA) is 192 Å². The van der Waals surface area contributed by atoms with E-state index in [0.29, 0.717) is 0 Å². The Morgan fingerprint density at radius 1 is 1.41 bits per heavy atom. The molecule has 10 nitrogen and oxygen atoms in total. The first-order valence-corrected chi connectivity index (χ1v) is 6.88. The molecule has 0 aromatic carbocycles. The fraction of sp³-hybridized carbons (Fsp3) is 0.917. The average Bonchev–Trinajstić information content (AvgIpc) is 2.46. The summed E-state index contributed by atoms with van der Waals surface area (Å²) in [5, 5.41) is 72.2. The lowest BCUT2D eigenvalue weighted by molar-refractivity contribution is -0.446. The Bertz CT molecular complexity index is 529. The van der Waals surface area contributed by atoms with Crippen LogP contribution >= 0.6 is 0 Å². The van der Waals surface area contributed by atoms with E-state index in [2.05, 4.69) is 0 Å². The zero-order chi connectivity index (χ0) is 16.5. The molecule has 0 radical (unpaired) electrons. The highest BCUT2D eigenvalue weighted by atomic mass is 16.7. The van der Waals surface area contributed by atoms with Crippen LogP contribution < -0.4 is 11.1 Å². The first-order chi connectivity index (χ1) is 10.2. The van der Waals surface area contributed by atoms with E-state index in [4.69, 9.17) is 15.7 Å². The summed E-state index contributed by atoms with van der Waals surface area (Å²) < 4.78 is 5.32. The SMILES string of the molecule is N#CNC(O)C1C2OC3(O)CC(C(O)C1(N)[C@@H]3O)C2(O)CO. The van der Waals surface area contributed by atoms with Crippen molar-refractivity contribution in [2.45, 2.75) is 47.9 Å². The van der Waals surface area contributed by atoms with E-state index < -0.39 is 59.9 Å². The minimum atomic E-state index is -2.10. The fourth-order valence-corrected chi connectivity index (χ4v) is 4.36. The highest BCUT2D eigenvalue weighted by molar-refractivity contribution is 5.28. The van der Waals surface area contributed by atoms with Crippen molar-refractivity contribution in [1.29, 1.82) is 5.26 Å². The number of nitriles is 1. The van der Waals surface area contributed by atoms with Gasteiger partial charge in [-0.05, 0) is 0 Å². The molecule has 0 spiro atoms. The lowest BCUT2D eigenvalue weighted by Gasteiger charge is -2.70. The molecular formula is C12H19N3O7. The quantitative estimate of drug-likeness (QED) is 0.142. The third-order valence-electron chi connectivity index (χ3n) is 5.48. The molecule has 0 aromatic heterocycles. The number of nitrogens with two attached hydrogens (primary N) is 1. The minimum absolute atomic E-state index is 0.323. The molecule has 2 saturated carbocycles. The standard InChI is InChI=1S/C12H19N3O7/c13-3-15-8(18)5-7-10(20,2-16)4-1-11(21,22-7)9(19)12(5,14)6(4)17/h4-9,15-21H,1-2,14H2/t4?,5?,6?,7?,8?,9-,10?,11?,12?/m1/s1. The number of aliphatic hydroxyl groups excluding tert-OH is 4. The second-order valence-corrected chi connectivity index (χ2v) is 6.42. The maximum Gasteiger partial charge on any atom is 0.194 e. The van der Waals surface area contributed by atoms with Crippen LogP contribution in [0, 0.1) is 23.3 Å². The first kappa shape index (κ1) is 15.9. The number of nitrogens with zero attached hydrogens (tertiary/aromatic N) is 1. The Balaban J connectivity index is 2.14. The van der Waals surface area contributed by atoms with Crippen LogP contribution in [-0.4, -0.2) is 78.7 Å².